The number of methoxy groups -OCH3 is 1. The molecule has 0 radical (unpaired) electrons. The topological polar surface area (TPSA) is 21.3 Å². The van der Waals surface area contributed by atoms with E-state index in [0.29, 0.717) is 6.04 Å². The molecule has 0 aliphatic heterocycles. The zero-order chi connectivity index (χ0) is 9.26. The zero-order valence-electron chi connectivity index (χ0n) is 7.51. The maximum absolute atomic E-state index is 5.15. The van der Waals surface area contributed by atoms with Crippen molar-refractivity contribution in [1.29, 1.82) is 0 Å². The third kappa shape index (κ3) is 2.15. The van der Waals surface area contributed by atoms with Crippen molar-refractivity contribution in [3.63, 3.8) is 0 Å². The molecule has 2 rings (SSSR count). The molecule has 0 spiro atoms. The molecular formula is C10H12BrNO. The Morgan fingerprint density at radius 2 is 2.23 bits per heavy atom. The molecule has 2 nitrogen and oxygen atoms in total. The normalized spacial score (nSPS) is 15.5. The molecule has 0 atom stereocenters. The number of halogens is 1. The van der Waals surface area contributed by atoms with E-state index in [2.05, 4.69) is 21.2 Å². The summed E-state index contributed by atoms with van der Waals surface area (Å²) in [5.74, 6) is 0.895. The summed E-state index contributed by atoms with van der Waals surface area (Å²) in [4.78, 5) is 0. The van der Waals surface area contributed by atoms with Gasteiger partial charge in [-0.2, -0.15) is 0 Å². The smallest absolute Gasteiger partial charge is 0.121 e. The quantitative estimate of drug-likeness (QED) is 0.879. The largest absolute Gasteiger partial charge is 0.497 e. The molecule has 1 N–H and O–H groups in total. The number of ether oxygens (including phenoxy) is 1. The van der Waals surface area contributed by atoms with E-state index in [1.54, 1.807) is 7.11 Å². The molecule has 0 saturated heterocycles. The standard InChI is InChI=1S/C10H12BrNO/c1-13-8-4-5-9(11)10(6-8)12-7-2-3-7/h4-7,12H,2-3H2,1H3. The van der Waals surface area contributed by atoms with Gasteiger partial charge in [0.05, 0.1) is 12.8 Å². The third-order valence-electron chi connectivity index (χ3n) is 2.11. The van der Waals surface area contributed by atoms with Gasteiger partial charge in [-0.15, -0.1) is 0 Å². The minimum atomic E-state index is 0.670. The van der Waals surface area contributed by atoms with Gasteiger partial charge in [-0.3, -0.25) is 0 Å². The number of benzene rings is 1. The molecule has 1 aromatic carbocycles. The first-order valence-electron chi connectivity index (χ1n) is 4.39. The molecule has 13 heavy (non-hydrogen) atoms. The lowest BCUT2D eigenvalue weighted by Gasteiger charge is -2.08. The van der Waals surface area contributed by atoms with E-state index < -0.39 is 0 Å². The maximum Gasteiger partial charge on any atom is 0.121 e. The molecular weight excluding hydrogens is 230 g/mol. The van der Waals surface area contributed by atoms with Gasteiger partial charge in [0.1, 0.15) is 5.75 Å². The van der Waals surface area contributed by atoms with Crippen LogP contribution in [0.3, 0.4) is 0 Å². The monoisotopic (exact) mass is 241 g/mol. The Morgan fingerprint density at radius 3 is 2.85 bits per heavy atom. The minimum absolute atomic E-state index is 0.670. The van der Waals surface area contributed by atoms with Crippen LogP contribution in [0, 0.1) is 0 Å². The Bertz CT molecular complexity index is 310. The van der Waals surface area contributed by atoms with Gasteiger partial charge < -0.3 is 10.1 Å². The second-order valence-corrected chi connectivity index (χ2v) is 4.12. The molecule has 1 aliphatic carbocycles. The van der Waals surface area contributed by atoms with Crippen LogP contribution in [-0.4, -0.2) is 13.2 Å². The predicted octanol–water partition coefficient (Wildman–Crippen LogP) is 3.03. The van der Waals surface area contributed by atoms with Gasteiger partial charge >= 0.3 is 0 Å². The van der Waals surface area contributed by atoms with Crippen LogP contribution < -0.4 is 10.1 Å². The molecule has 1 aliphatic rings. The number of anilines is 1. The summed E-state index contributed by atoms with van der Waals surface area (Å²) >= 11 is 3.50. The molecule has 0 unspecified atom stereocenters. The fourth-order valence-corrected chi connectivity index (χ4v) is 1.55. The zero-order valence-corrected chi connectivity index (χ0v) is 9.10. The Hall–Kier alpha value is -0.700. The van der Waals surface area contributed by atoms with E-state index in [4.69, 9.17) is 4.74 Å². The van der Waals surface area contributed by atoms with Gasteiger partial charge in [-0.05, 0) is 40.9 Å². The highest BCUT2D eigenvalue weighted by Crippen LogP contribution is 2.32. The van der Waals surface area contributed by atoms with Crippen molar-refractivity contribution in [1.82, 2.24) is 0 Å². The van der Waals surface area contributed by atoms with E-state index in [0.717, 1.165) is 15.9 Å². The summed E-state index contributed by atoms with van der Waals surface area (Å²) in [5.41, 5.74) is 1.13. The second-order valence-electron chi connectivity index (χ2n) is 3.26. The molecule has 1 aromatic rings. The first kappa shape index (κ1) is 8.88. The van der Waals surface area contributed by atoms with Crippen LogP contribution in [0.5, 0.6) is 5.75 Å². The minimum Gasteiger partial charge on any atom is -0.497 e. The van der Waals surface area contributed by atoms with Crippen LogP contribution in [0.1, 0.15) is 12.8 Å². The fraction of sp³-hybridized carbons (Fsp3) is 0.400. The molecule has 70 valence electrons. The number of hydrogen-bond acceptors (Lipinski definition) is 2. The Kier molecular flexibility index (Phi) is 2.44. The van der Waals surface area contributed by atoms with E-state index in [9.17, 15) is 0 Å². The average molecular weight is 242 g/mol. The third-order valence-corrected chi connectivity index (χ3v) is 2.80. The van der Waals surface area contributed by atoms with Crippen molar-refractivity contribution in [2.24, 2.45) is 0 Å². The second kappa shape index (κ2) is 3.58. The van der Waals surface area contributed by atoms with Crippen LogP contribution in [0.4, 0.5) is 5.69 Å². The highest BCUT2D eigenvalue weighted by Gasteiger charge is 2.21. The average Bonchev–Trinajstić information content (AvgIpc) is 2.93. The van der Waals surface area contributed by atoms with Gasteiger partial charge in [0, 0.05) is 16.6 Å². The molecule has 0 bridgehead atoms. The van der Waals surface area contributed by atoms with E-state index in [-0.39, 0.29) is 0 Å². The highest BCUT2D eigenvalue weighted by atomic mass is 79.9. The summed E-state index contributed by atoms with van der Waals surface area (Å²) in [6.07, 6.45) is 2.56. The van der Waals surface area contributed by atoms with Crippen LogP contribution >= 0.6 is 15.9 Å². The van der Waals surface area contributed by atoms with Crippen molar-refractivity contribution >= 4 is 21.6 Å². The van der Waals surface area contributed by atoms with Gasteiger partial charge in [0.2, 0.25) is 0 Å². The Balaban J connectivity index is 2.19. The van der Waals surface area contributed by atoms with Crippen molar-refractivity contribution in [3.05, 3.63) is 22.7 Å². The fourth-order valence-electron chi connectivity index (χ4n) is 1.19. The summed E-state index contributed by atoms with van der Waals surface area (Å²) in [6, 6.07) is 6.64. The van der Waals surface area contributed by atoms with E-state index in [1.807, 2.05) is 18.2 Å². The molecule has 1 saturated carbocycles. The summed E-state index contributed by atoms with van der Waals surface area (Å²) in [5, 5.41) is 3.43. The molecule has 0 aromatic heterocycles. The van der Waals surface area contributed by atoms with Gasteiger partial charge in [0.15, 0.2) is 0 Å². The SMILES string of the molecule is COc1ccc(Br)c(NC2CC2)c1. The highest BCUT2D eigenvalue weighted by molar-refractivity contribution is 9.10. The van der Waals surface area contributed by atoms with Crippen molar-refractivity contribution in [2.75, 3.05) is 12.4 Å². The number of nitrogens with one attached hydrogen (secondary N) is 1. The number of rotatable bonds is 3. The van der Waals surface area contributed by atoms with Crippen molar-refractivity contribution in [2.45, 2.75) is 18.9 Å². The van der Waals surface area contributed by atoms with E-state index in [1.165, 1.54) is 12.8 Å². The van der Waals surface area contributed by atoms with Gasteiger partial charge in [-0.25, -0.2) is 0 Å². The van der Waals surface area contributed by atoms with Crippen LogP contribution in [0.25, 0.3) is 0 Å². The number of hydrogen-bond donors (Lipinski definition) is 1. The Morgan fingerprint density at radius 1 is 1.46 bits per heavy atom. The first-order valence-corrected chi connectivity index (χ1v) is 5.19. The maximum atomic E-state index is 5.15. The molecule has 3 heteroatoms. The molecule has 0 amide bonds. The Labute approximate surface area is 86.4 Å². The van der Waals surface area contributed by atoms with Crippen molar-refractivity contribution < 1.29 is 4.74 Å². The van der Waals surface area contributed by atoms with Crippen molar-refractivity contribution in [3.8, 4) is 5.75 Å². The van der Waals surface area contributed by atoms with Gasteiger partial charge in [0.25, 0.3) is 0 Å². The van der Waals surface area contributed by atoms with Gasteiger partial charge in [-0.1, -0.05) is 0 Å². The lowest BCUT2D eigenvalue weighted by atomic mass is 10.3. The predicted molar refractivity (Wildman–Crippen MR) is 57.3 cm³/mol. The van der Waals surface area contributed by atoms with Crippen LogP contribution in [-0.2, 0) is 0 Å². The van der Waals surface area contributed by atoms with Crippen LogP contribution in [0.2, 0.25) is 0 Å². The summed E-state index contributed by atoms with van der Waals surface area (Å²) in [7, 11) is 1.68. The lowest BCUT2D eigenvalue weighted by Crippen LogP contribution is -2.01. The van der Waals surface area contributed by atoms with Crippen LogP contribution in [0.15, 0.2) is 22.7 Å². The lowest BCUT2D eigenvalue weighted by molar-refractivity contribution is 0.415. The molecule has 1 fully saturated rings. The first-order chi connectivity index (χ1) is 6.29. The molecule has 0 heterocycles. The summed E-state index contributed by atoms with van der Waals surface area (Å²) < 4.78 is 6.25. The van der Waals surface area contributed by atoms with E-state index >= 15 is 0 Å². The summed E-state index contributed by atoms with van der Waals surface area (Å²) in [6.45, 7) is 0.